The molecule has 1 atom stereocenters. The van der Waals surface area contributed by atoms with Gasteiger partial charge in [-0.3, -0.25) is 4.57 Å². The van der Waals surface area contributed by atoms with Gasteiger partial charge in [-0.2, -0.15) is 0 Å². The van der Waals surface area contributed by atoms with Crippen LogP contribution in [0.15, 0.2) is 48.5 Å². The van der Waals surface area contributed by atoms with Gasteiger partial charge in [0.15, 0.2) is 5.78 Å². The molecular weight excluding hydrogens is 337 g/mol. The van der Waals surface area contributed by atoms with Crippen molar-refractivity contribution in [2.75, 3.05) is 26.6 Å². The maximum atomic E-state index is 12.9. The quantitative estimate of drug-likeness (QED) is 0.712. The van der Waals surface area contributed by atoms with Crippen molar-refractivity contribution in [3.8, 4) is 5.75 Å². The molecule has 23 heavy (non-hydrogen) atoms. The maximum absolute atomic E-state index is 12.9. The van der Waals surface area contributed by atoms with E-state index in [1.165, 1.54) is 14.2 Å². The van der Waals surface area contributed by atoms with E-state index in [4.69, 9.17) is 25.4 Å². The number of methoxy groups -OCH3 is 1. The Hall–Kier alpha value is -1.52. The fourth-order valence-electron chi connectivity index (χ4n) is 2.12. The molecule has 5 nitrogen and oxygen atoms in total. The summed E-state index contributed by atoms with van der Waals surface area (Å²) in [5, 5.41) is 3.80. The van der Waals surface area contributed by atoms with Gasteiger partial charge in [-0.15, -0.1) is 0 Å². The zero-order valence-electron chi connectivity index (χ0n) is 13.2. The molecule has 0 saturated carbocycles. The minimum atomic E-state index is -3.40. The molecule has 0 bridgehead atoms. The molecule has 0 heterocycles. The van der Waals surface area contributed by atoms with Crippen LogP contribution >= 0.6 is 19.2 Å². The average Bonchev–Trinajstić information content (AvgIpc) is 2.60. The summed E-state index contributed by atoms with van der Waals surface area (Å²) in [5.41, 5.74) is 1.51. The van der Waals surface area contributed by atoms with Crippen LogP contribution < -0.4 is 10.1 Å². The maximum Gasteiger partial charge on any atom is 0.356 e. The molecule has 0 fully saturated rings. The van der Waals surface area contributed by atoms with Crippen molar-refractivity contribution in [1.29, 1.82) is 0 Å². The number of nitrogens with one attached hydrogen (secondary N) is 1. The standard InChI is InChI=1S/C16H19ClNO4P/c1-20-15-10-8-14(9-11-15)18-16(23(19,21-2)22-3)12-4-6-13(17)7-5-12/h4-11,16,18H,1-3H3/t16-/m0/s1. The molecule has 2 aromatic carbocycles. The van der Waals surface area contributed by atoms with Crippen molar-refractivity contribution >= 4 is 24.9 Å². The Balaban J connectivity index is 2.36. The van der Waals surface area contributed by atoms with Gasteiger partial charge >= 0.3 is 7.60 Å². The lowest BCUT2D eigenvalue weighted by Gasteiger charge is -2.26. The second kappa shape index (κ2) is 7.84. The largest absolute Gasteiger partial charge is 0.497 e. The summed E-state index contributed by atoms with van der Waals surface area (Å²) in [6.07, 6.45) is 0. The minimum absolute atomic E-state index is 0.599. The van der Waals surface area contributed by atoms with Crippen LogP contribution in [0.25, 0.3) is 0 Å². The first-order valence-electron chi connectivity index (χ1n) is 6.89. The third-order valence-corrected chi connectivity index (χ3v) is 5.73. The van der Waals surface area contributed by atoms with Crippen molar-refractivity contribution in [3.05, 3.63) is 59.1 Å². The van der Waals surface area contributed by atoms with Crippen LogP contribution in [0.3, 0.4) is 0 Å². The Morgan fingerprint density at radius 3 is 2.00 bits per heavy atom. The summed E-state index contributed by atoms with van der Waals surface area (Å²) in [4.78, 5) is 0. The number of hydrogen-bond acceptors (Lipinski definition) is 5. The zero-order chi connectivity index (χ0) is 16.9. The van der Waals surface area contributed by atoms with E-state index in [9.17, 15) is 4.57 Å². The second-order valence-corrected chi connectivity index (χ2v) is 7.49. The number of anilines is 1. The Labute approximate surface area is 141 Å². The summed E-state index contributed by atoms with van der Waals surface area (Å²) in [6.45, 7) is 0. The van der Waals surface area contributed by atoms with Crippen LogP contribution in [0.5, 0.6) is 5.75 Å². The lowest BCUT2D eigenvalue weighted by Crippen LogP contribution is -2.13. The van der Waals surface area contributed by atoms with Crippen LogP contribution in [-0.2, 0) is 13.6 Å². The number of benzene rings is 2. The van der Waals surface area contributed by atoms with Crippen molar-refractivity contribution in [1.82, 2.24) is 0 Å². The highest BCUT2D eigenvalue weighted by atomic mass is 35.5. The van der Waals surface area contributed by atoms with E-state index in [1.54, 1.807) is 31.4 Å². The molecule has 0 aliphatic rings. The molecule has 2 aromatic rings. The Morgan fingerprint density at radius 1 is 0.957 bits per heavy atom. The lowest BCUT2D eigenvalue weighted by atomic mass is 10.2. The summed E-state index contributed by atoms with van der Waals surface area (Å²) >= 11 is 5.93. The highest BCUT2D eigenvalue weighted by Gasteiger charge is 2.35. The third-order valence-electron chi connectivity index (χ3n) is 3.40. The van der Waals surface area contributed by atoms with E-state index < -0.39 is 13.4 Å². The Kier molecular flexibility index (Phi) is 6.08. The van der Waals surface area contributed by atoms with Gasteiger partial charge in [0.2, 0.25) is 0 Å². The van der Waals surface area contributed by atoms with Gasteiger partial charge in [0.25, 0.3) is 0 Å². The van der Waals surface area contributed by atoms with E-state index in [0.717, 1.165) is 17.0 Å². The Morgan fingerprint density at radius 2 is 1.52 bits per heavy atom. The van der Waals surface area contributed by atoms with E-state index >= 15 is 0 Å². The Bertz CT molecular complexity index is 667. The van der Waals surface area contributed by atoms with Crippen molar-refractivity contribution in [3.63, 3.8) is 0 Å². The topological polar surface area (TPSA) is 56.8 Å². The lowest BCUT2D eigenvalue weighted by molar-refractivity contribution is 0.268. The molecule has 124 valence electrons. The normalized spacial score (nSPS) is 12.7. The van der Waals surface area contributed by atoms with Crippen LogP contribution in [0.2, 0.25) is 5.02 Å². The second-order valence-electron chi connectivity index (χ2n) is 4.73. The molecule has 2 rings (SSSR count). The number of rotatable bonds is 7. The van der Waals surface area contributed by atoms with Gasteiger partial charge in [0.05, 0.1) is 7.11 Å². The van der Waals surface area contributed by atoms with E-state index in [0.29, 0.717) is 5.02 Å². The van der Waals surface area contributed by atoms with Crippen LogP contribution in [0.4, 0.5) is 5.69 Å². The molecular formula is C16H19ClNO4P. The van der Waals surface area contributed by atoms with E-state index in [2.05, 4.69) is 5.32 Å². The highest BCUT2D eigenvalue weighted by molar-refractivity contribution is 7.54. The predicted octanol–water partition coefficient (Wildman–Crippen LogP) is 4.95. The summed E-state index contributed by atoms with van der Waals surface area (Å²) < 4.78 is 28.4. The summed E-state index contributed by atoms with van der Waals surface area (Å²) in [6, 6.07) is 14.3. The van der Waals surface area contributed by atoms with Crippen LogP contribution in [-0.4, -0.2) is 21.3 Å². The van der Waals surface area contributed by atoms with Gasteiger partial charge in [0.1, 0.15) is 5.75 Å². The molecule has 0 spiro atoms. The monoisotopic (exact) mass is 355 g/mol. The fourth-order valence-corrected chi connectivity index (χ4v) is 3.66. The first-order chi connectivity index (χ1) is 11.0. The smallest absolute Gasteiger partial charge is 0.356 e. The van der Waals surface area contributed by atoms with Gasteiger partial charge in [0, 0.05) is 24.9 Å². The molecule has 0 aromatic heterocycles. The molecule has 0 amide bonds. The molecule has 0 aliphatic heterocycles. The van der Waals surface area contributed by atoms with Gasteiger partial charge in [-0.1, -0.05) is 23.7 Å². The highest BCUT2D eigenvalue weighted by Crippen LogP contribution is 2.59. The first kappa shape index (κ1) is 17.8. The minimum Gasteiger partial charge on any atom is -0.497 e. The zero-order valence-corrected chi connectivity index (χ0v) is 14.8. The molecule has 0 radical (unpaired) electrons. The summed E-state index contributed by atoms with van der Waals surface area (Å²) in [5.74, 6) is 0.0726. The van der Waals surface area contributed by atoms with Crippen molar-refractivity contribution in [2.45, 2.75) is 5.78 Å². The van der Waals surface area contributed by atoms with Gasteiger partial charge < -0.3 is 19.1 Å². The number of halogens is 1. The first-order valence-corrected chi connectivity index (χ1v) is 8.88. The molecule has 0 saturated heterocycles. The third kappa shape index (κ3) is 4.27. The van der Waals surface area contributed by atoms with Crippen LogP contribution in [0, 0.1) is 0 Å². The van der Waals surface area contributed by atoms with Crippen LogP contribution in [0.1, 0.15) is 11.3 Å². The average molecular weight is 356 g/mol. The summed E-state index contributed by atoms with van der Waals surface area (Å²) in [7, 11) is 0.930. The molecule has 7 heteroatoms. The molecule has 1 N–H and O–H groups in total. The number of ether oxygens (including phenoxy) is 1. The van der Waals surface area contributed by atoms with Crippen molar-refractivity contribution in [2.24, 2.45) is 0 Å². The fraction of sp³-hybridized carbons (Fsp3) is 0.250. The van der Waals surface area contributed by atoms with E-state index in [1.807, 2.05) is 24.3 Å². The number of hydrogen-bond donors (Lipinski definition) is 1. The van der Waals surface area contributed by atoms with E-state index in [-0.39, 0.29) is 0 Å². The van der Waals surface area contributed by atoms with Gasteiger partial charge in [-0.25, -0.2) is 0 Å². The molecule has 0 aliphatic carbocycles. The predicted molar refractivity (Wildman–Crippen MR) is 92.4 cm³/mol. The van der Waals surface area contributed by atoms with Gasteiger partial charge in [-0.05, 0) is 42.0 Å². The molecule has 0 unspecified atom stereocenters. The SMILES string of the molecule is COc1ccc(N[C@H](c2ccc(Cl)cc2)P(=O)(OC)OC)cc1. The van der Waals surface area contributed by atoms with Crippen molar-refractivity contribution < 1.29 is 18.3 Å².